The molecule has 0 fully saturated rings. The van der Waals surface area contributed by atoms with Gasteiger partial charge in [0.1, 0.15) is 0 Å². The van der Waals surface area contributed by atoms with E-state index in [1.165, 1.54) is 6.07 Å². The molecule has 0 N–H and O–H groups in total. The molecule has 0 atom stereocenters. The summed E-state index contributed by atoms with van der Waals surface area (Å²) < 4.78 is 0.632. The number of halogens is 1. The minimum absolute atomic E-state index is 0.268. The molecule has 0 bridgehead atoms. The summed E-state index contributed by atoms with van der Waals surface area (Å²) in [5.74, 6) is 0. The number of nitro benzene ring substituents is 2. The van der Waals surface area contributed by atoms with E-state index in [2.05, 4.69) is 15.9 Å². The summed E-state index contributed by atoms with van der Waals surface area (Å²) in [6.07, 6.45) is 4.91. The Morgan fingerprint density at radius 1 is 0.759 bits per heavy atom. The molecule has 0 aliphatic carbocycles. The van der Waals surface area contributed by atoms with Crippen LogP contribution in [0.25, 0.3) is 22.7 Å². The molecule has 0 spiro atoms. The van der Waals surface area contributed by atoms with Crippen molar-refractivity contribution in [3.63, 3.8) is 0 Å². The highest BCUT2D eigenvalue weighted by Crippen LogP contribution is 2.34. The van der Waals surface area contributed by atoms with Crippen molar-refractivity contribution in [1.29, 1.82) is 0 Å². The highest BCUT2D eigenvalue weighted by Gasteiger charge is 2.22. The normalized spacial score (nSPS) is 11.6. The lowest BCUT2D eigenvalue weighted by Gasteiger charge is -2.05. The van der Waals surface area contributed by atoms with Crippen molar-refractivity contribution >= 4 is 50.0 Å². The first-order chi connectivity index (χ1) is 14.0. The zero-order valence-electron chi connectivity index (χ0n) is 15.1. The van der Waals surface area contributed by atoms with Gasteiger partial charge in [-0.2, -0.15) is 0 Å². The summed E-state index contributed by atoms with van der Waals surface area (Å²) >= 11 is 3.44. The molecule has 3 rings (SSSR count). The molecule has 0 aliphatic heterocycles. The Hall–Kier alpha value is -3.58. The van der Waals surface area contributed by atoms with E-state index in [0.29, 0.717) is 4.48 Å². The Morgan fingerprint density at radius 3 is 1.90 bits per heavy atom. The van der Waals surface area contributed by atoms with Gasteiger partial charge in [-0.3, -0.25) is 20.2 Å². The second-order valence-electron chi connectivity index (χ2n) is 6.09. The molecule has 3 aromatic rings. The van der Waals surface area contributed by atoms with Crippen molar-refractivity contribution in [2.75, 3.05) is 0 Å². The Bertz CT molecular complexity index is 1110. The fourth-order valence-electron chi connectivity index (χ4n) is 2.74. The standard InChI is InChI=1S/C22H15BrN2O4/c23-20(17-9-5-2-6-10-17)14-19-13-18(12-11-16-7-3-1-4-8-16)21(24(26)27)15-22(19)25(28)29/h1-15H/b12-11-,20-14-. The lowest BCUT2D eigenvalue weighted by molar-refractivity contribution is -0.394. The largest absolute Gasteiger partial charge is 0.283 e. The number of nitrogens with zero attached hydrogens (tertiary/aromatic N) is 2. The van der Waals surface area contributed by atoms with Crippen molar-refractivity contribution in [2.24, 2.45) is 0 Å². The van der Waals surface area contributed by atoms with Gasteiger partial charge in [-0.05, 0) is 29.3 Å². The molecule has 0 aromatic heterocycles. The molecule has 0 saturated heterocycles. The molecule has 0 amide bonds. The van der Waals surface area contributed by atoms with Gasteiger partial charge in [-0.15, -0.1) is 0 Å². The maximum Gasteiger partial charge on any atom is 0.283 e. The quantitative estimate of drug-likeness (QED) is 0.241. The zero-order chi connectivity index (χ0) is 20.8. The van der Waals surface area contributed by atoms with Gasteiger partial charge in [0, 0.05) is 4.48 Å². The van der Waals surface area contributed by atoms with Crippen molar-refractivity contribution in [1.82, 2.24) is 0 Å². The molecule has 0 radical (unpaired) electrons. The van der Waals surface area contributed by atoms with Crippen LogP contribution >= 0.6 is 15.9 Å². The van der Waals surface area contributed by atoms with Gasteiger partial charge in [0.2, 0.25) is 0 Å². The predicted molar refractivity (Wildman–Crippen MR) is 118 cm³/mol. The van der Waals surface area contributed by atoms with Crippen LogP contribution in [-0.2, 0) is 0 Å². The van der Waals surface area contributed by atoms with Crippen molar-refractivity contribution in [3.05, 3.63) is 115 Å². The monoisotopic (exact) mass is 450 g/mol. The Kier molecular flexibility index (Phi) is 6.31. The third-order valence-electron chi connectivity index (χ3n) is 4.16. The van der Waals surface area contributed by atoms with Crippen LogP contribution in [0.15, 0.2) is 72.8 Å². The van der Waals surface area contributed by atoms with Crippen LogP contribution in [0.5, 0.6) is 0 Å². The van der Waals surface area contributed by atoms with Crippen LogP contribution < -0.4 is 0 Å². The minimum Gasteiger partial charge on any atom is -0.258 e. The van der Waals surface area contributed by atoms with E-state index < -0.39 is 9.85 Å². The van der Waals surface area contributed by atoms with Gasteiger partial charge in [0.15, 0.2) is 0 Å². The van der Waals surface area contributed by atoms with Crippen molar-refractivity contribution < 1.29 is 9.85 Å². The van der Waals surface area contributed by atoms with Gasteiger partial charge in [0.05, 0.1) is 27.0 Å². The van der Waals surface area contributed by atoms with E-state index in [4.69, 9.17) is 0 Å². The van der Waals surface area contributed by atoms with Crippen molar-refractivity contribution in [2.45, 2.75) is 0 Å². The average molecular weight is 451 g/mol. The lowest BCUT2D eigenvalue weighted by atomic mass is 10.0. The van der Waals surface area contributed by atoms with E-state index in [-0.39, 0.29) is 22.5 Å². The minimum atomic E-state index is -0.616. The summed E-state index contributed by atoms with van der Waals surface area (Å²) in [6.45, 7) is 0. The van der Waals surface area contributed by atoms with Gasteiger partial charge < -0.3 is 0 Å². The van der Waals surface area contributed by atoms with E-state index in [0.717, 1.165) is 17.2 Å². The van der Waals surface area contributed by atoms with Crippen LogP contribution in [0.1, 0.15) is 22.3 Å². The molecule has 7 heteroatoms. The number of hydrogen-bond acceptors (Lipinski definition) is 4. The maximum atomic E-state index is 11.5. The maximum absolute atomic E-state index is 11.5. The van der Waals surface area contributed by atoms with Crippen LogP contribution in [0, 0.1) is 20.2 Å². The summed E-state index contributed by atoms with van der Waals surface area (Å²) in [5.41, 5.74) is 1.59. The fraction of sp³-hybridized carbons (Fsp3) is 0. The molecule has 0 saturated carbocycles. The summed E-state index contributed by atoms with van der Waals surface area (Å²) in [7, 11) is 0. The second-order valence-corrected chi connectivity index (χ2v) is 6.94. The Labute approximate surface area is 175 Å². The average Bonchev–Trinajstić information content (AvgIpc) is 2.73. The Morgan fingerprint density at radius 2 is 1.31 bits per heavy atom. The molecular formula is C22H15BrN2O4. The number of benzene rings is 3. The van der Waals surface area contributed by atoms with Crippen LogP contribution in [0.4, 0.5) is 11.4 Å². The molecular weight excluding hydrogens is 436 g/mol. The van der Waals surface area contributed by atoms with E-state index >= 15 is 0 Å². The molecule has 0 heterocycles. The summed E-state index contributed by atoms with van der Waals surface area (Å²) in [5, 5.41) is 23.0. The van der Waals surface area contributed by atoms with Crippen LogP contribution in [0.3, 0.4) is 0 Å². The molecule has 144 valence electrons. The number of rotatable bonds is 6. The van der Waals surface area contributed by atoms with Gasteiger partial charge in [0.25, 0.3) is 11.4 Å². The molecule has 0 unspecified atom stereocenters. The topological polar surface area (TPSA) is 86.3 Å². The van der Waals surface area contributed by atoms with E-state index in [1.807, 2.05) is 60.7 Å². The highest BCUT2D eigenvalue weighted by molar-refractivity contribution is 9.15. The highest BCUT2D eigenvalue weighted by atomic mass is 79.9. The smallest absolute Gasteiger partial charge is 0.258 e. The summed E-state index contributed by atoms with van der Waals surface area (Å²) in [4.78, 5) is 21.8. The van der Waals surface area contributed by atoms with E-state index in [1.54, 1.807) is 18.2 Å². The zero-order valence-corrected chi connectivity index (χ0v) is 16.7. The molecule has 29 heavy (non-hydrogen) atoms. The Balaban J connectivity index is 2.13. The number of hydrogen-bond donors (Lipinski definition) is 0. The first-order valence-electron chi connectivity index (χ1n) is 8.58. The van der Waals surface area contributed by atoms with Gasteiger partial charge in [-0.1, -0.05) is 82.7 Å². The summed E-state index contributed by atoms with van der Waals surface area (Å²) in [6, 6.07) is 21.0. The molecule has 3 aromatic carbocycles. The lowest BCUT2D eigenvalue weighted by Crippen LogP contribution is -1.98. The number of nitro groups is 2. The molecule has 6 nitrogen and oxygen atoms in total. The van der Waals surface area contributed by atoms with Gasteiger partial charge >= 0.3 is 0 Å². The van der Waals surface area contributed by atoms with Crippen molar-refractivity contribution in [3.8, 4) is 0 Å². The van der Waals surface area contributed by atoms with Crippen LogP contribution in [-0.4, -0.2) is 9.85 Å². The molecule has 0 aliphatic rings. The first kappa shape index (κ1) is 20.2. The SMILES string of the molecule is O=[N+]([O-])c1cc([N+](=O)[O-])c(/C=C(\Br)c2ccccc2)cc1/C=C\c1ccccc1. The third kappa shape index (κ3) is 5.03. The predicted octanol–water partition coefficient (Wildman–Crippen LogP) is 6.57. The van der Waals surface area contributed by atoms with Crippen LogP contribution in [0.2, 0.25) is 0 Å². The van der Waals surface area contributed by atoms with E-state index in [9.17, 15) is 20.2 Å². The second kappa shape index (κ2) is 9.07. The third-order valence-corrected chi connectivity index (χ3v) is 4.84. The van der Waals surface area contributed by atoms with Gasteiger partial charge in [-0.25, -0.2) is 0 Å². The first-order valence-corrected chi connectivity index (χ1v) is 9.37. The fourth-order valence-corrected chi connectivity index (χ4v) is 3.26.